The number of carbonyl (C=O) groups is 7. The Labute approximate surface area is 510 Å². The van der Waals surface area contributed by atoms with Crippen molar-refractivity contribution in [2.45, 2.75) is 145 Å². The van der Waals surface area contributed by atoms with Crippen molar-refractivity contribution in [1.82, 2.24) is 36.8 Å². The van der Waals surface area contributed by atoms with Crippen molar-refractivity contribution in [1.29, 1.82) is 0 Å². The van der Waals surface area contributed by atoms with Crippen LogP contribution in [0.5, 0.6) is 11.5 Å². The summed E-state index contributed by atoms with van der Waals surface area (Å²) in [6.07, 6.45) is -12.5. The van der Waals surface area contributed by atoms with Gasteiger partial charge < -0.3 is 87.5 Å². The van der Waals surface area contributed by atoms with Gasteiger partial charge in [-0.25, -0.2) is 0 Å². The van der Waals surface area contributed by atoms with Crippen LogP contribution in [0.4, 0.5) is 0 Å². The molecular formula is C63H84N8O17. The number of nitrogens with one attached hydrogen (secondary N) is 6. The van der Waals surface area contributed by atoms with Crippen molar-refractivity contribution in [2.75, 3.05) is 39.5 Å². The van der Waals surface area contributed by atoms with Crippen LogP contribution in [0.15, 0.2) is 97.1 Å². The number of hydrogen-bond donors (Lipinski definition) is 15. The molecule has 0 bridgehead atoms. The molecule has 7 unspecified atom stereocenters. The van der Waals surface area contributed by atoms with Gasteiger partial charge in [0, 0.05) is 43.5 Å². The third kappa shape index (κ3) is 17.2. The largest absolute Gasteiger partial charge is 0.508 e. The van der Waals surface area contributed by atoms with Gasteiger partial charge in [-0.1, -0.05) is 87.4 Å². The highest BCUT2D eigenvalue weighted by Crippen LogP contribution is 2.36. The lowest BCUT2D eigenvalue weighted by atomic mass is 9.85. The Morgan fingerprint density at radius 3 is 1.83 bits per heavy atom. The number of benzene rings is 4. The number of phenols is 1. The first-order valence-corrected chi connectivity index (χ1v) is 29.9. The molecule has 0 spiro atoms. The zero-order valence-electron chi connectivity index (χ0n) is 49.7. The molecule has 2 heterocycles. The van der Waals surface area contributed by atoms with E-state index in [2.05, 4.69) is 38.8 Å². The molecule has 1 saturated carbocycles. The minimum absolute atomic E-state index is 0.0302. The number of aliphatic hydroxyl groups is 7. The normalized spacial score (nSPS) is 27.3. The molecule has 25 nitrogen and oxygen atoms in total. The zero-order chi connectivity index (χ0) is 63.9. The Hall–Kier alpha value is -7.43. The molecule has 16 N–H and O–H groups in total. The molecule has 6 amide bonds. The van der Waals surface area contributed by atoms with Gasteiger partial charge in [0.05, 0.1) is 56.3 Å². The Kier molecular flexibility index (Phi) is 24.5. The van der Waals surface area contributed by atoms with Gasteiger partial charge in [0.15, 0.2) is 5.78 Å². The lowest BCUT2D eigenvalue weighted by Crippen LogP contribution is -2.64. The fourth-order valence-corrected chi connectivity index (χ4v) is 11.3. The van der Waals surface area contributed by atoms with Gasteiger partial charge in [-0.2, -0.15) is 0 Å². The number of nitrogens with zero attached hydrogens (tertiary/aromatic N) is 1. The van der Waals surface area contributed by atoms with Crippen LogP contribution in [0.1, 0.15) is 88.2 Å². The molecule has 3 fully saturated rings. The molecule has 7 rings (SSSR count). The quantitative estimate of drug-likeness (QED) is 0.0503. The SMILES string of the molecule is CCCCCOc1ccc(-c2ccc(-c3ccc(C(=O)N[C@H]4C[C@@H](O)C(NCCOCCN)NC(=O)C5[C@@H](O)[C@@H](C)CN5C(=O)C([C@@H](C)O)NC(=O)C([C@H](O)[C@@H](O)c5ccc(O)cc5)NC(=O)C5C[C@@H](O)CC5C(=O)C([C@@H](C)O)NC4=O)cc3)cc2)cc1. The van der Waals surface area contributed by atoms with Crippen molar-refractivity contribution in [2.24, 2.45) is 23.5 Å². The number of hydrogen-bond acceptors (Lipinski definition) is 19. The van der Waals surface area contributed by atoms with Gasteiger partial charge in [-0.15, -0.1) is 0 Å². The molecule has 16 atom stereocenters. The van der Waals surface area contributed by atoms with E-state index in [1.807, 2.05) is 48.5 Å². The minimum Gasteiger partial charge on any atom is -0.508 e. The van der Waals surface area contributed by atoms with Crippen molar-refractivity contribution in [3.63, 3.8) is 0 Å². The highest BCUT2D eigenvalue weighted by Gasteiger charge is 2.51. The van der Waals surface area contributed by atoms with Gasteiger partial charge in [-0.3, -0.25) is 38.9 Å². The number of carbonyl (C=O) groups excluding carboxylic acids is 7. The molecule has 1 aliphatic carbocycles. The monoisotopic (exact) mass is 1220 g/mol. The molecule has 4 aromatic rings. The third-order valence-corrected chi connectivity index (χ3v) is 16.4. The van der Waals surface area contributed by atoms with E-state index in [0.717, 1.165) is 66.0 Å². The van der Waals surface area contributed by atoms with Crippen molar-refractivity contribution < 1.29 is 83.9 Å². The van der Waals surface area contributed by atoms with E-state index in [0.29, 0.717) is 6.61 Å². The van der Waals surface area contributed by atoms with Crippen LogP contribution in [-0.4, -0.2) is 199 Å². The molecule has 0 radical (unpaired) electrons. The maximum absolute atomic E-state index is 14.8. The third-order valence-electron chi connectivity index (χ3n) is 16.4. The summed E-state index contributed by atoms with van der Waals surface area (Å²) in [5, 5.41) is 106. The highest BCUT2D eigenvalue weighted by molar-refractivity contribution is 6.01. The number of ether oxygens (including phenoxy) is 2. The average molecular weight is 1230 g/mol. The molecule has 4 aromatic carbocycles. The number of aromatic hydroxyl groups is 1. The standard InChI is InChI=1S/C63H84N8O17/c1-5-6-7-26-88-44-22-18-39(19-23-44)37-10-8-36(9-11-37)38-12-14-41(15-13-38)58(81)66-47-31-48(76)57(65-25-28-87-27-24-64)70-62(85)52-53(77)33(2)32-71(52)63(86)50(35(4)73)68-61(84)51(56(80)54(78)40-16-20-42(74)21-17-40)69-59(82)46-30-43(75)29-45(46)55(79)49(34(3)72)67-60(47)83/h8-23,33-35,43,45-54,56-57,65,72-78,80H,5-7,24-32,64H2,1-4H3,(H,66,81)(H,67,83)(H,68,84)(H,69,82)(H,70,85)/t33-,34+,35+,43-,45?,46?,47-,48+,49?,50?,51?,52?,53-,54-,56-,57?/m0/s1. The number of Topliss-reactive ketones (excluding diaryl/α,β-unsaturated/α-hetero) is 1. The van der Waals surface area contributed by atoms with E-state index >= 15 is 0 Å². The van der Waals surface area contributed by atoms with Crippen LogP contribution in [0.3, 0.4) is 0 Å². The highest BCUT2D eigenvalue weighted by atomic mass is 16.5. The average Bonchev–Trinajstić information content (AvgIpc) is 2.10. The molecular weight excluding hydrogens is 1140 g/mol. The van der Waals surface area contributed by atoms with E-state index in [1.165, 1.54) is 43.3 Å². The van der Waals surface area contributed by atoms with E-state index in [4.69, 9.17) is 15.2 Å². The van der Waals surface area contributed by atoms with Gasteiger partial charge in [-0.05, 0) is 97.3 Å². The first-order valence-electron chi connectivity index (χ1n) is 29.9. The van der Waals surface area contributed by atoms with E-state index < -0.39 is 157 Å². The summed E-state index contributed by atoms with van der Waals surface area (Å²) in [4.78, 5) is 103. The van der Waals surface area contributed by atoms with E-state index in [-0.39, 0.29) is 49.7 Å². The number of ketones is 1. The maximum Gasteiger partial charge on any atom is 0.251 e. The summed E-state index contributed by atoms with van der Waals surface area (Å²) in [6.45, 7) is 6.42. The van der Waals surface area contributed by atoms with E-state index in [9.17, 15) is 74.4 Å². The van der Waals surface area contributed by atoms with Crippen molar-refractivity contribution >= 4 is 41.2 Å². The molecule has 88 heavy (non-hydrogen) atoms. The van der Waals surface area contributed by atoms with Gasteiger partial charge >= 0.3 is 0 Å². The number of rotatable bonds is 20. The second-order valence-corrected chi connectivity index (χ2v) is 23.0. The predicted octanol–water partition coefficient (Wildman–Crippen LogP) is -0.360. The summed E-state index contributed by atoms with van der Waals surface area (Å²) in [5.74, 6) is -11.0. The predicted molar refractivity (Wildman–Crippen MR) is 320 cm³/mol. The Morgan fingerprint density at radius 2 is 1.24 bits per heavy atom. The first-order chi connectivity index (χ1) is 42.0. The van der Waals surface area contributed by atoms with Crippen molar-refractivity contribution in [3.8, 4) is 33.8 Å². The summed E-state index contributed by atoms with van der Waals surface area (Å²) in [6, 6.07) is 17.1. The van der Waals surface area contributed by atoms with Crippen LogP contribution in [0.25, 0.3) is 22.3 Å². The molecule has 25 heteroatoms. The number of nitrogens with two attached hydrogens (primary N) is 1. The zero-order valence-corrected chi connectivity index (χ0v) is 49.7. The molecule has 0 aromatic heterocycles. The molecule has 478 valence electrons. The maximum atomic E-state index is 14.8. The second-order valence-electron chi connectivity index (χ2n) is 23.0. The number of amides is 6. The smallest absolute Gasteiger partial charge is 0.251 e. The number of phenolic OH excluding ortho intramolecular Hbond substituents is 1. The lowest BCUT2D eigenvalue weighted by molar-refractivity contribution is -0.147. The molecule has 2 saturated heterocycles. The van der Waals surface area contributed by atoms with Crippen LogP contribution in [0.2, 0.25) is 0 Å². The number of aliphatic hydroxyl groups excluding tert-OH is 7. The fourth-order valence-electron chi connectivity index (χ4n) is 11.3. The summed E-state index contributed by atoms with van der Waals surface area (Å²) < 4.78 is 11.4. The molecule has 2 aliphatic heterocycles. The van der Waals surface area contributed by atoms with Gasteiger partial charge in [0.25, 0.3) is 5.91 Å². The van der Waals surface area contributed by atoms with Crippen LogP contribution in [-0.2, 0) is 33.5 Å². The fraction of sp³-hybridized carbons (Fsp3) is 0.508. The second kappa shape index (κ2) is 31.7. The molecule has 3 aliphatic rings. The Morgan fingerprint density at radius 1 is 0.670 bits per heavy atom. The van der Waals surface area contributed by atoms with Gasteiger partial charge in [0.2, 0.25) is 29.5 Å². The van der Waals surface area contributed by atoms with Crippen molar-refractivity contribution in [3.05, 3.63) is 108 Å². The first kappa shape index (κ1) is 68.1. The summed E-state index contributed by atoms with van der Waals surface area (Å²) in [5.41, 5.74) is 9.10. The van der Waals surface area contributed by atoms with Crippen LogP contribution >= 0.6 is 0 Å². The Balaban J connectivity index is 1.22. The van der Waals surface area contributed by atoms with Crippen LogP contribution in [0, 0.1) is 17.8 Å². The summed E-state index contributed by atoms with van der Waals surface area (Å²) in [7, 11) is 0. The van der Waals surface area contributed by atoms with Crippen LogP contribution < -0.4 is 42.4 Å². The number of unbranched alkanes of at least 4 members (excludes halogenated alkanes) is 2. The summed E-state index contributed by atoms with van der Waals surface area (Å²) >= 11 is 0. The van der Waals surface area contributed by atoms with E-state index in [1.54, 1.807) is 12.1 Å². The number of fused-ring (bicyclic) bond motifs is 2. The Bertz CT molecular complexity index is 2990. The minimum atomic E-state index is -2.27. The van der Waals surface area contributed by atoms with Gasteiger partial charge in [0.1, 0.15) is 60.1 Å². The topological polar surface area (TPSA) is 401 Å². The lowest BCUT2D eigenvalue weighted by Gasteiger charge is -2.34.